The zero-order chi connectivity index (χ0) is 12.4. The summed E-state index contributed by atoms with van der Waals surface area (Å²) in [5.74, 6) is 0. The first-order valence-electron chi connectivity index (χ1n) is 7.45. The Labute approximate surface area is 110 Å². The van der Waals surface area contributed by atoms with Crippen molar-refractivity contribution in [2.75, 3.05) is 12.3 Å². The van der Waals surface area contributed by atoms with Gasteiger partial charge in [0.25, 0.3) is 0 Å². The van der Waals surface area contributed by atoms with Crippen molar-refractivity contribution in [2.45, 2.75) is 57.5 Å². The number of anilines is 1. The van der Waals surface area contributed by atoms with Crippen molar-refractivity contribution in [3.63, 3.8) is 0 Å². The van der Waals surface area contributed by atoms with E-state index in [9.17, 15) is 0 Å². The molecule has 98 valence electrons. The summed E-state index contributed by atoms with van der Waals surface area (Å²) in [5.41, 5.74) is 9.93. The molecule has 18 heavy (non-hydrogen) atoms. The van der Waals surface area contributed by atoms with E-state index in [1.54, 1.807) is 0 Å². The van der Waals surface area contributed by atoms with Gasteiger partial charge in [0.2, 0.25) is 0 Å². The molecule has 0 amide bonds. The second-order valence-corrected chi connectivity index (χ2v) is 5.85. The first-order valence-corrected chi connectivity index (χ1v) is 7.45. The van der Waals surface area contributed by atoms with Gasteiger partial charge in [-0.3, -0.25) is 4.90 Å². The molecule has 2 aliphatic rings. The molecule has 0 spiro atoms. The summed E-state index contributed by atoms with van der Waals surface area (Å²) in [5, 5.41) is 0. The van der Waals surface area contributed by atoms with Crippen LogP contribution in [0.4, 0.5) is 5.69 Å². The Bertz CT molecular complexity index is 406. The molecule has 2 N–H and O–H groups in total. The summed E-state index contributed by atoms with van der Waals surface area (Å²) in [6, 6.07) is 7.22. The lowest BCUT2D eigenvalue weighted by Gasteiger charge is -2.35. The number of nitrogen functional groups attached to an aromatic ring is 1. The van der Waals surface area contributed by atoms with Crippen LogP contribution >= 0.6 is 0 Å². The lowest BCUT2D eigenvalue weighted by molar-refractivity contribution is 0.162. The highest BCUT2D eigenvalue weighted by molar-refractivity contribution is 5.51. The minimum Gasteiger partial charge on any atom is -0.398 e. The molecule has 2 heteroatoms. The van der Waals surface area contributed by atoms with Gasteiger partial charge in [-0.25, -0.2) is 0 Å². The second kappa shape index (κ2) is 5.31. The third-order valence-electron chi connectivity index (χ3n) is 4.67. The van der Waals surface area contributed by atoms with E-state index >= 15 is 0 Å². The topological polar surface area (TPSA) is 29.3 Å². The van der Waals surface area contributed by atoms with Crippen molar-refractivity contribution in [3.8, 4) is 0 Å². The van der Waals surface area contributed by atoms with E-state index < -0.39 is 0 Å². The minimum absolute atomic E-state index is 0.821. The highest BCUT2D eigenvalue weighted by Gasteiger charge is 2.24. The van der Waals surface area contributed by atoms with Crippen LogP contribution in [0.5, 0.6) is 0 Å². The number of fused-ring (bicyclic) bond motifs is 1. The van der Waals surface area contributed by atoms with Crippen LogP contribution in [0.3, 0.4) is 0 Å². The predicted molar refractivity (Wildman–Crippen MR) is 76.5 cm³/mol. The molecule has 1 aliphatic carbocycles. The van der Waals surface area contributed by atoms with Crippen LogP contribution in [0.25, 0.3) is 0 Å². The number of rotatable bonds is 1. The Kier molecular flexibility index (Phi) is 3.55. The fourth-order valence-electron chi connectivity index (χ4n) is 3.60. The molecule has 2 nitrogen and oxygen atoms in total. The van der Waals surface area contributed by atoms with Crippen LogP contribution in [-0.2, 0) is 13.0 Å². The molecule has 0 aromatic heterocycles. The van der Waals surface area contributed by atoms with Gasteiger partial charge in [-0.1, -0.05) is 37.8 Å². The molecule has 3 rings (SSSR count). The van der Waals surface area contributed by atoms with Crippen LogP contribution in [0.2, 0.25) is 0 Å². The molecular weight excluding hydrogens is 220 g/mol. The Morgan fingerprint density at radius 2 is 1.83 bits per heavy atom. The van der Waals surface area contributed by atoms with Gasteiger partial charge in [0.05, 0.1) is 0 Å². The number of nitrogens with two attached hydrogens (primary N) is 1. The van der Waals surface area contributed by atoms with E-state index in [2.05, 4.69) is 17.0 Å². The van der Waals surface area contributed by atoms with Crippen LogP contribution in [0.15, 0.2) is 18.2 Å². The molecule has 0 radical (unpaired) electrons. The summed E-state index contributed by atoms with van der Waals surface area (Å²) < 4.78 is 0. The summed E-state index contributed by atoms with van der Waals surface area (Å²) >= 11 is 0. The average molecular weight is 244 g/mol. The molecule has 1 fully saturated rings. The van der Waals surface area contributed by atoms with Gasteiger partial charge in [0.15, 0.2) is 0 Å². The Hall–Kier alpha value is -1.02. The molecule has 1 aromatic carbocycles. The molecule has 1 aliphatic heterocycles. The smallest absolute Gasteiger partial charge is 0.0350 e. The van der Waals surface area contributed by atoms with Crippen molar-refractivity contribution in [1.29, 1.82) is 0 Å². The van der Waals surface area contributed by atoms with Crippen molar-refractivity contribution >= 4 is 5.69 Å². The minimum atomic E-state index is 0.821. The van der Waals surface area contributed by atoms with Gasteiger partial charge in [0.1, 0.15) is 0 Å². The first-order chi connectivity index (χ1) is 8.84. The zero-order valence-electron chi connectivity index (χ0n) is 11.2. The van der Waals surface area contributed by atoms with E-state index in [-0.39, 0.29) is 0 Å². The van der Waals surface area contributed by atoms with Gasteiger partial charge >= 0.3 is 0 Å². The third-order valence-corrected chi connectivity index (χ3v) is 4.67. The van der Waals surface area contributed by atoms with Crippen molar-refractivity contribution in [1.82, 2.24) is 4.90 Å². The van der Waals surface area contributed by atoms with E-state index in [1.165, 1.54) is 56.2 Å². The molecule has 1 aromatic rings. The van der Waals surface area contributed by atoms with E-state index in [0.29, 0.717) is 0 Å². The van der Waals surface area contributed by atoms with Gasteiger partial charge in [-0.15, -0.1) is 0 Å². The SMILES string of the molecule is Nc1cccc2c1CCN(C1CCCCCC1)C2. The Balaban J connectivity index is 1.74. The molecule has 1 heterocycles. The maximum atomic E-state index is 6.07. The number of hydrogen-bond acceptors (Lipinski definition) is 2. The van der Waals surface area contributed by atoms with Gasteiger partial charge < -0.3 is 5.73 Å². The van der Waals surface area contributed by atoms with Crippen LogP contribution < -0.4 is 5.73 Å². The van der Waals surface area contributed by atoms with Crippen LogP contribution in [-0.4, -0.2) is 17.5 Å². The number of benzene rings is 1. The third kappa shape index (κ3) is 2.39. The van der Waals surface area contributed by atoms with Crippen molar-refractivity contribution in [3.05, 3.63) is 29.3 Å². The summed E-state index contributed by atoms with van der Waals surface area (Å²) in [4.78, 5) is 2.70. The van der Waals surface area contributed by atoms with Crippen LogP contribution in [0, 0.1) is 0 Å². The summed E-state index contributed by atoms with van der Waals surface area (Å²) in [6.45, 7) is 2.32. The molecule has 0 unspecified atom stereocenters. The lowest BCUT2D eigenvalue weighted by Crippen LogP contribution is -2.39. The molecular formula is C16H24N2. The number of nitrogens with zero attached hydrogens (tertiary/aromatic N) is 1. The molecule has 0 atom stereocenters. The maximum absolute atomic E-state index is 6.07. The standard InChI is InChI=1S/C16H24N2/c17-16-9-5-6-13-12-18(11-10-15(13)16)14-7-3-1-2-4-8-14/h5-6,9,14H,1-4,7-8,10-12,17H2. The first kappa shape index (κ1) is 12.0. The van der Waals surface area contributed by atoms with E-state index in [0.717, 1.165) is 24.7 Å². The highest BCUT2D eigenvalue weighted by atomic mass is 15.2. The lowest BCUT2D eigenvalue weighted by atomic mass is 9.95. The zero-order valence-corrected chi connectivity index (χ0v) is 11.2. The average Bonchev–Trinajstić information content (AvgIpc) is 2.67. The van der Waals surface area contributed by atoms with E-state index in [4.69, 9.17) is 5.73 Å². The van der Waals surface area contributed by atoms with Crippen LogP contribution in [0.1, 0.15) is 49.7 Å². The van der Waals surface area contributed by atoms with Gasteiger partial charge in [-0.2, -0.15) is 0 Å². The second-order valence-electron chi connectivity index (χ2n) is 5.85. The molecule has 0 saturated heterocycles. The summed E-state index contributed by atoms with van der Waals surface area (Å²) in [6.07, 6.45) is 9.66. The largest absolute Gasteiger partial charge is 0.398 e. The maximum Gasteiger partial charge on any atom is 0.0350 e. The predicted octanol–water partition coefficient (Wildman–Crippen LogP) is 3.35. The summed E-state index contributed by atoms with van der Waals surface area (Å²) in [7, 11) is 0. The fraction of sp³-hybridized carbons (Fsp3) is 0.625. The Morgan fingerprint density at radius 1 is 1.06 bits per heavy atom. The number of hydrogen-bond donors (Lipinski definition) is 1. The van der Waals surface area contributed by atoms with Crippen molar-refractivity contribution < 1.29 is 0 Å². The van der Waals surface area contributed by atoms with Gasteiger partial charge in [-0.05, 0) is 36.5 Å². The molecule has 1 saturated carbocycles. The normalized spacial score (nSPS) is 22.4. The monoisotopic (exact) mass is 244 g/mol. The highest BCUT2D eigenvalue weighted by Crippen LogP contribution is 2.29. The van der Waals surface area contributed by atoms with Gasteiger partial charge in [0, 0.05) is 24.8 Å². The van der Waals surface area contributed by atoms with Crippen molar-refractivity contribution in [2.24, 2.45) is 0 Å². The quantitative estimate of drug-likeness (QED) is 0.606. The Morgan fingerprint density at radius 3 is 2.61 bits per heavy atom. The molecule has 0 bridgehead atoms. The van der Waals surface area contributed by atoms with E-state index in [1.807, 2.05) is 6.07 Å². The fourth-order valence-corrected chi connectivity index (χ4v) is 3.60.